The second-order valence-electron chi connectivity index (χ2n) is 8.78. The Hall–Kier alpha value is -2.04. The van der Waals surface area contributed by atoms with Crippen molar-refractivity contribution in [2.75, 3.05) is 26.7 Å². The van der Waals surface area contributed by atoms with Gasteiger partial charge in [0.05, 0.1) is 13.2 Å². The van der Waals surface area contributed by atoms with E-state index in [9.17, 15) is 9.59 Å². The summed E-state index contributed by atoms with van der Waals surface area (Å²) in [6.45, 7) is 8.05. The first-order valence-electron chi connectivity index (χ1n) is 10.0. The molecular weight excluding hydrogens is 340 g/mol. The van der Waals surface area contributed by atoms with Crippen LogP contribution in [0.4, 0.5) is 0 Å². The minimum Gasteiger partial charge on any atom is -0.497 e. The molecule has 1 aromatic carbocycles. The maximum Gasteiger partial charge on any atom is 0.227 e. The Bertz CT molecular complexity index is 687. The number of carbonyl (C=O) groups is 2. The first kappa shape index (κ1) is 19.7. The Labute approximate surface area is 162 Å². The van der Waals surface area contributed by atoms with Gasteiger partial charge in [0.1, 0.15) is 5.75 Å². The summed E-state index contributed by atoms with van der Waals surface area (Å²) in [5.41, 5.74) is 0.795. The third-order valence-corrected chi connectivity index (χ3v) is 5.79. The lowest BCUT2D eigenvalue weighted by Gasteiger charge is -2.37. The number of amides is 2. The van der Waals surface area contributed by atoms with Gasteiger partial charge in [-0.05, 0) is 43.4 Å². The second-order valence-corrected chi connectivity index (χ2v) is 8.78. The van der Waals surface area contributed by atoms with Gasteiger partial charge in [-0.25, -0.2) is 0 Å². The van der Waals surface area contributed by atoms with Gasteiger partial charge in [0, 0.05) is 31.0 Å². The average Bonchev–Trinajstić information content (AvgIpc) is 3.16. The van der Waals surface area contributed by atoms with Gasteiger partial charge in [-0.3, -0.25) is 9.59 Å². The number of benzene rings is 1. The summed E-state index contributed by atoms with van der Waals surface area (Å²) >= 11 is 0. The highest BCUT2D eigenvalue weighted by molar-refractivity contribution is 5.83. The Morgan fingerprint density at radius 1 is 1.07 bits per heavy atom. The minimum atomic E-state index is -0.358. The quantitative estimate of drug-likeness (QED) is 0.814. The first-order chi connectivity index (χ1) is 12.8. The molecule has 3 rings (SSSR count). The van der Waals surface area contributed by atoms with Crippen LogP contribution in [0.1, 0.15) is 58.1 Å². The van der Waals surface area contributed by atoms with E-state index in [4.69, 9.17) is 4.74 Å². The lowest BCUT2D eigenvalue weighted by molar-refractivity contribution is -0.145. The van der Waals surface area contributed by atoms with Crippen LogP contribution in [0.2, 0.25) is 0 Å². The molecule has 2 amide bonds. The molecule has 2 heterocycles. The van der Waals surface area contributed by atoms with E-state index in [2.05, 4.69) is 11.0 Å². The number of likely N-dealkylation sites (tertiary alicyclic amines) is 2. The fourth-order valence-electron chi connectivity index (χ4n) is 4.26. The molecule has 1 atom stereocenters. The molecule has 2 aliphatic heterocycles. The molecule has 0 spiro atoms. The van der Waals surface area contributed by atoms with Gasteiger partial charge in [0.25, 0.3) is 0 Å². The molecule has 148 valence electrons. The summed E-state index contributed by atoms with van der Waals surface area (Å²) in [5, 5.41) is 0. The molecule has 0 N–H and O–H groups in total. The highest BCUT2D eigenvalue weighted by Crippen LogP contribution is 2.36. The number of hydrogen-bond acceptors (Lipinski definition) is 3. The van der Waals surface area contributed by atoms with Crippen LogP contribution in [0.3, 0.4) is 0 Å². The zero-order chi connectivity index (χ0) is 19.6. The Kier molecular flexibility index (Phi) is 5.78. The molecule has 27 heavy (non-hydrogen) atoms. The first-order valence-corrected chi connectivity index (χ1v) is 10.0. The number of hydrogen-bond donors (Lipinski definition) is 0. The standard InChI is InChI=1S/C22H32N2O3/c1-22(2,3)21(26)23-13-10-16(11-14-23)20(25)24-12-6-9-19(24)17-7-5-8-18(15-17)27-4/h5,7-8,15-16,19H,6,9-14H2,1-4H3. The van der Waals surface area contributed by atoms with Gasteiger partial charge in [0.15, 0.2) is 0 Å². The summed E-state index contributed by atoms with van der Waals surface area (Å²) in [4.78, 5) is 29.7. The molecule has 5 nitrogen and oxygen atoms in total. The molecular formula is C22H32N2O3. The van der Waals surface area contributed by atoms with Crippen LogP contribution in [0.15, 0.2) is 24.3 Å². The fourth-order valence-corrected chi connectivity index (χ4v) is 4.26. The lowest BCUT2D eigenvalue weighted by Crippen LogP contribution is -2.47. The van der Waals surface area contributed by atoms with E-state index >= 15 is 0 Å². The smallest absolute Gasteiger partial charge is 0.227 e. The van der Waals surface area contributed by atoms with Crippen molar-refractivity contribution in [3.63, 3.8) is 0 Å². The SMILES string of the molecule is COc1cccc(C2CCCN2C(=O)C2CCN(C(=O)C(C)(C)C)CC2)c1. The monoisotopic (exact) mass is 372 g/mol. The third kappa shape index (κ3) is 4.28. The number of piperidine rings is 1. The van der Waals surface area contributed by atoms with E-state index in [-0.39, 0.29) is 29.2 Å². The maximum atomic E-state index is 13.2. The van der Waals surface area contributed by atoms with Crippen molar-refractivity contribution in [3.05, 3.63) is 29.8 Å². The van der Waals surface area contributed by atoms with E-state index < -0.39 is 0 Å². The van der Waals surface area contributed by atoms with E-state index in [0.717, 1.165) is 43.5 Å². The van der Waals surface area contributed by atoms with Gasteiger partial charge >= 0.3 is 0 Å². The minimum absolute atomic E-state index is 0.0280. The van der Waals surface area contributed by atoms with Crippen LogP contribution in [0.5, 0.6) is 5.75 Å². The normalized spacial score (nSPS) is 21.4. The summed E-state index contributed by atoms with van der Waals surface area (Å²) < 4.78 is 5.35. The van der Waals surface area contributed by atoms with Gasteiger partial charge in [-0.15, -0.1) is 0 Å². The number of carbonyl (C=O) groups excluding carboxylic acids is 2. The van der Waals surface area contributed by atoms with Crippen molar-refractivity contribution in [1.29, 1.82) is 0 Å². The predicted molar refractivity (Wildman–Crippen MR) is 105 cm³/mol. The molecule has 0 saturated carbocycles. The topological polar surface area (TPSA) is 49.9 Å². The summed E-state index contributed by atoms with van der Waals surface area (Å²) in [6.07, 6.45) is 3.57. The molecule has 1 unspecified atom stereocenters. The van der Waals surface area contributed by atoms with Crippen LogP contribution in [0.25, 0.3) is 0 Å². The number of rotatable bonds is 3. The van der Waals surface area contributed by atoms with E-state index in [1.165, 1.54) is 0 Å². The van der Waals surface area contributed by atoms with Crippen molar-refractivity contribution in [3.8, 4) is 5.75 Å². The molecule has 2 aliphatic rings. The van der Waals surface area contributed by atoms with Crippen molar-refractivity contribution < 1.29 is 14.3 Å². The number of methoxy groups -OCH3 is 1. The van der Waals surface area contributed by atoms with Gasteiger partial charge in [0.2, 0.25) is 11.8 Å². The molecule has 0 bridgehead atoms. The van der Waals surface area contributed by atoms with Gasteiger partial charge in [-0.2, -0.15) is 0 Å². The average molecular weight is 373 g/mol. The van der Waals surface area contributed by atoms with E-state index in [1.807, 2.05) is 43.9 Å². The van der Waals surface area contributed by atoms with Crippen LogP contribution < -0.4 is 4.74 Å². The molecule has 5 heteroatoms. The fraction of sp³-hybridized carbons (Fsp3) is 0.636. The van der Waals surface area contributed by atoms with Crippen LogP contribution in [0, 0.1) is 11.3 Å². The highest BCUT2D eigenvalue weighted by Gasteiger charge is 2.37. The van der Waals surface area contributed by atoms with Crippen molar-refractivity contribution in [2.45, 2.75) is 52.5 Å². The zero-order valence-electron chi connectivity index (χ0n) is 17.0. The Morgan fingerprint density at radius 2 is 1.78 bits per heavy atom. The molecule has 0 radical (unpaired) electrons. The lowest BCUT2D eigenvalue weighted by atomic mass is 9.90. The van der Waals surface area contributed by atoms with Gasteiger partial charge < -0.3 is 14.5 Å². The van der Waals surface area contributed by atoms with E-state index in [1.54, 1.807) is 7.11 Å². The van der Waals surface area contributed by atoms with Crippen molar-refractivity contribution in [2.24, 2.45) is 11.3 Å². The Morgan fingerprint density at radius 3 is 2.41 bits per heavy atom. The zero-order valence-corrected chi connectivity index (χ0v) is 17.0. The molecule has 0 aliphatic carbocycles. The summed E-state index contributed by atoms with van der Waals surface area (Å²) in [5.74, 6) is 1.30. The molecule has 1 aromatic rings. The largest absolute Gasteiger partial charge is 0.497 e. The number of ether oxygens (including phenoxy) is 1. The maximum absolute atomic E-state index is 13.2. The highest BCUT2D eigenvalue weighted by atomic mass is 16.5. The van der Waals surface area contributed by atoms with Crippen LogP contribution in [-0.2, 0) is 9.59 Å². The second kappa shape index (κ2) is 7.91. The van der Waals surface area contributed by atoms with Crippen molar-refractivity contribution in [1.82, 2.24) is 9.80 Å². The summed E-state index contributed by atoms with van der Waals surface area (Å²) in [7, 11) is 1.67. The Balaban J connectivity index is 1.64. The van der Waals surface area contributed by atoms with Crippen molar-refractivity contribution >= 4 is 11.8 Å². The molecule has 2 fully saturated rings. The van der Waals surface area contributed by atoms with E-state index in [0.29, 0.717) is 13.1 Å². The van der Waals surface area contributed by atoms with Crippen LogP contribution in [-0.4, -0.2) is 48.4 Å². The third-order valence-electron chi connectivity index (χ3n) is 5.79. The molecule has 0 aromatic heterocycles. The number of nitrogens with zero attached hydrogens (tertiary/aromatic N) is 2. The molecule has 2 saturated heterocycles. The predicted octanol–water partition coefficient (Wildman–Crippen LogP) is 3.64. The van der Waals surface area contributed by atoms with Gasteiger partial charge in [-0.1, -0.05) is 32.9 Å². The summed E-state index contributed by atoms with van der Waals surface area (Å²) in [6, 6.07) is 8.20. The van der Waals surface area contributed by atoms with Crippen LogP contribution >= 0.6 is 0 Å².